The first-order valence-electron chi connectivity index (χ1n) is 8.06. The molecule has 2 aromatic heterocycles. The number of aromatic nitrogens is 2. The van der Waals surface area contributed by atoms with Crippen LogP contribution in [0.15, 0.2) is 41.4 Å². The fourth-order valence-electron chi connectivity index (χ4n) is 2.89. The highest BCUT2D eigenvalue weighted by atomic mass is 32.2. The van der Waals surface area contributed by atoms with Crippen LogP contribution in [0, 0.1) is 0 Å². The van der Waals surface area contributed by atoms with Crippen molar-refractivity contribution in [3.63, 3.8) is 0 Å². The second-order valence-corrected chi connectivity index (χ2v) is 7.77. The SMILES string of the molecule is CC[S+]([O-])c1cc(C(F)(F)F)ccc1-c1cc2cc(C(F)(F)F)cnc2n1C. The van der Waals surface area contributed by atoms with Crippen molar-refractivity contribution < 1.29 is 30.9 Å². The topological polar surface area (TPSA) is 40.9 Å². The Balaban J connectivity index is 2.22. The monoisotopic (exact) mass is 420 g/mol. The van der Waals surface area contributed by atoms with Crippen LogP contribution in [-0.2, 0) is 30.6 Å². The molecule has 0 saturated carbocycles. The maximum absolute atomic E-state index is 13.1. The molecule has 0 radical (unpaired) electrons. The lowest BCUT2D eigenvalue weighted by molar-refractivity contribution is -0.138. The van der Waals surface area contributed by atoms with Crippen LogP contribution in [0.25, 0.3) is 22.3 Å². The van der Waals surface area contributed by atoms with Gasteiger partial charge in [-0.15, -0.1) is 0 Å². The fourth-order valence-corrected chi connectivity index (χ4v) is 3.87. The summed E-state index contributed by atoms with van der Waals surface area (Å²) in [5.74, 6) is 0.0920. The highest BCUT2D eigenvalue weighted by molar-refractivity contribution is 7.91. The van der Waals surface area contributed by atoms with Gasteiger partial charge >= 0.3 is 12.4 Å². The Hall–Kier alpha value is -2.20. The average Bonchev–Trinajstić information content (AvgIpc) is 2.95. The third-order valence-electron chi connectivity index (χ3n) is 4.29. The first kappa shape index (κ1) is 20.5. The first-order chi connectivity index (χ1) is 12.9. The summed E-state index contributed by atoms with van der Waals surface area (Å²) in [7, 11) is 1.54. The van der Waals surface area contributed by atoms with E-state index < -0.39 is 34.7 Å². The van der Waals surface area contributed by atoms with E-state index in [0.717, 1.165) is 18.2 Å². The zero-order valence-electron chi connectivity index (χ0n) is 14.6. The van der Waals surface area contributed by atoms with Gasteiger partial charge in [-0.3, -0.25) is 0 Å². The van der Waals surface area contributed by atoms with Crippen molar-refractivity contribution in [2.75, 3.05) is 5.75 Å². The smallest absolute Gasteiger partial charge is 0.417 e. The van der Waals surface area contributed by atoms with Gasteiger partial charge in [0.25, 0.3) is 0 Å². The summed E-state index contributed by atoms with van der Waals surface area (Å²) in [5, 5.41) is 0.181. The lowest BCUT2D eigenvalue weighted by Crippen LogP contribution is -2.11. The Morgan fingerprint density at radius 2 is 1.64 bits per heavy atom. The van der Waals surface area contributed by atoms with Crippen LogP contribution in [0.3, 0.4) is 0 Å². The predicted molar refractivity (Wildman–Crippen MR) is 93.1 cm³/mol. The van der Waals surface area contributed by atoms with Gasteiger partial charge in [-0.25, -0.2) is 4.98 Å². The molecule has 2 heterocycles. The number of alkyl halides is 6. The third-order valence-corrected chi connectivity index (χ3v) is 5.64. The predicted octanol–water partition coefficient (Wildman–Crippen LogP) is 5.41. The summed E-state index contributed by atoms with van der Waals surface area (Å²) in [4.78, 5) is 3.80. The molecule has 3 aromatic rings. The molecule has 0 saturated heterocycles. The van der Waals surface area contributed by atoms with Crippen LogP contribution in [0.2, 0.25) is 0 Å². The molecule has 3 nitrogen and oxygen atoms in total. The van der Waals surface area contributed by atoms with Crippen molar-refractivity contribution in [2.24, 2.45) is 7.05 Å². The van der Waals surface area contributed by atoms with Crippen LogP contribution < -0.4 is 0 Å². The number of benzene rings is 1. The van der Waals surface area contributed by atoms with Crippen molar-refractivity contribution in [1.29, 1.82) is 0 Å². The molecule has 0 spiro atoms. The van der Waals surface area contributed by atoms with E-state index in [1.807, 2.05) is 0 Å². The Morgan fingerprint density at radius 3 is 2.21 bits per heavy atom. The summed E-state index contributed by atoms with van der Waals surface area (Å²) in [5.41, 5.74) is -1.06. The standard InChI is InChI=1S/C18H14F6N2OS/c1-3-28(27)15-8-11(17(19,20)21)4-5-13(15)14-7-10-6-12(18(22,23)24)9-25-16(10)26(14)2/h4-9H,3H2,1-2H3. The molecule has 0 N–H and O–H groups in total. The van der Waals surface area contributed by atoms with Gasteiger partial charge in [-0.2, -0.15) is 26.3 Å². The van der Waals surface area contributed by atoms with Crippen molar-refractivity contribution in [3.8, 4) is 11.3 Å². The molecule has 10 heteroatoms. The van der Waals surface area contributed by atoms with Gasteiger partial charge in [0.05, 0.1) is 22.4 Å². The van der Waals surface area contributed by atoms with Crippen molar-refractivity contribution >= 4 is 22.2 Å². The van der Waals surface area contributed by atoms with Gasteiger partial charge in [0, 0.05) is 24.7 Å². The summed E-state index contributed by atoms with van der Waals surface area (Å²) in [6.07, 6.45) is -8.47. The molecule has 1 atom stereocenters. The Morgan fingerprint density at radius 1 is 1.00 bits per heavy atom. The number of hydrogen-bond donors (Lipinski definition) is 0. The first-order valence-corrected chi connectivity index (χ1v) is 9.38. The van der Waals surface area contributed by atoms with Gasteiger partial charge < -0.3 is 9.12 Å². The number of hydrogen-bond acceptors (Lipinski definition) is 2. The van der Waals surface area contributed by atoms with Crippen LogP contribution in [-0.4, -0.2) is 19.9 Å². The van der Waals surface area contributed by atoms with E-state index in [2.05, 4.69) is 4.98 Å². The Labute approximate surface area is 159 Å². The van der Waals surface area contributed by atoms with Gasteiger partial charge in [0.2, 0.25) is 0 Å². The maximum atomic E-state index is 13.1. The van der Waals surface area contributed by atoms with Gasteiger partial charge in [-0.05, 0) is 42.4 Å². The second-order valence-electron chi connectivity index (χ2n) is 6.07. The summed E-state index contributed by atoms with van der Waals surface area (Å²) < 4.78 is 91.8. The van der Waals surface area contributed by atoms with Gasteiger partial charge in [-0.1, -0.05) is 0 Å². The molecular weight excluding hydrogens is 406 g/mol. The number of aryl methyl sites for hydroxylation is 1. The number of pyridine rings is 1. The minimum atomic E-state index is -4.60. The molecule has 0 aliphatic heterocycles. The highest BCUT2D eigenvalue weighted by Crippen LogP contribution is 2.38. The molecule has 0 aliphatic rings. The number of halogens is 6. The number of nitrogens with zero attached hydrogens (tertiary/aromatic N) is 2. The molecule has 1 aromatic carbocycles. The summed E-state index contributed by atoms with van der Waals surface area (Å²) >= 11 is -1.71. The van der Waals surface area contributed by atoms with Gasteiger partial charge in [0.1, 0.15) is 11.4 Å². The van der Waals surface area contributed by atoms with E-state index in [1.165, 1.54) is 23.7 Å². The summed E-state index contributed by atoms with van der Waals surface area (Å²) in [6, 6.07) is 5.19. The molecule has 0 bridgehead atoms. The molecular formula is C18H14F6N2OS. The van der Waals surface area contributed by atoms with Crippen LogP contribution >= 0.6 is 0 Å². The largest absolute Gasteiger partial charge is 0.611 e. The number of fused-ring (bicyclic) bond motifs is 1. The molecule has 150 valence electrons. The normalized spacial score (nSPS) is 13.9. The van der Waals surface area contributed by atoms with E-state index in [0.29, 0.717) is 11.9 Å². The van der Waals surface area contributed by atoms with Crippen molar-refractivity contribution in [1.82, 2.24) is 9.55 Å². The van der Waals surface area contributed by atoms with Crippen LogP contribution in [0.5, 0.6) is 0 Å². The van der Waals surface area contributed by atoms with Gasteiger partial charge in [0.15, 0.2) is 4.90 Å². The van der Waals surface area contributed by atoms with Crippen molar-refractivity contribution in [3.05, 3.63) is 47.7 Å². The zero-order valence-corrected chi connectivity index (χ0v) is 15.5. The highest BCUT2D eigenvalue weighted by Gasteiger charge is 2.34. The molecule has 0 fully saturated rings. The fraction of sp³-hybridized carbons (Fsp3) is 0.278. The molecule has 1 unspecified atom stereocenters. The quantitative estimate of drug-likeness (QED) is 0.420. The van der Waals surface area contributed by atoms with Crippen LogP contribution in [0.4, 0.5) is 26.3 Å². The van der Waals surface area contributed by atoms with E-state index in [1.54, 1.807) is 6.92 Å². The lowest BCUT2D eigenvalue weighted by Gasteiger charge is -2.16. The summed E-state index contributed by atoms with van der Waals surface area (Å²) in [6.45, 7) is 1.57. The molecule has 3 rings (SSSR count). The minimum Gasteiger partial charge on any atom is -0.611 e. The minimum absolute atomic E-state index is 0.0284. The average molecular weight is 420 g/mol. The molecule has 0 aliphatic carbocycles. The third kappa shape index (κ3) is 3.70. The van der Waals surface area contributed by atoms with E-state index in [-0.39, 0.29) is 27.2 Å². The zero-order chi connectivity index (χ0) is 20.9. The molecule has 0 amide bonds. The van der Waals surface area contributed by atoms with E-state index in [4.69, 9.17) is 0 Å². The van der Waals surface area contributed by atoms with Crippen LogP contribution in [0.1, 0.15) is 18.1 Å². The molecule has 28 heavy (non-hydrogen) atoms. The Bertz CT molecular complexity index is 1030. The van der Waals surface area contributed by atoms with Crippen molar-refractivity contribution in [2.45, 2.75) is 24.2 Å². The maximum Gasteiger partial charge on any atom is 0.417 e. The lowest BCUT2D eigenvalue weighted by atomic mass is 10.1. The second kappa shape index (κ2) is 7.00. The van der Waals surface area contributed by atoms with E-state index in [9.17, 15) is 30.9 Å². The Kier molecular flexibility index (Phi) is 5.13. The van der Waals surface area contributed by atoms with E-state index >= 15 is 0 Å². The number of rotatable bonds is 3.